The second kappa shape index (κ2) is 25.6. The Bertz CT molecular complexity index is 3000. The number of hydrogen-bond donors (Lipinski definition) is 10. The smallest absolute Gasteiger partial charge is 0.397 e. The van der Waals surface area contributed by atoms with E-state index in [0.29, 0.717) is 32.1 Å². The molecule has 0 aromatic heterocycles. The first-order chi connectivity index (χ1) is 41.1. The molecular formula is C54H84O32S3. The third-order valence-corrected chi connectivity index (χ3v) is 21.8. The predicted octanol–water partition coefficient (Wildman–Crippen LogP) is -1.47. The fraction of sp³-hybridized carbons (Fsp3) is 0.907. The van der Waals surface area contributed by atoms with Crippen molar-refractivity contribution in [3.63, 3.8) is 0 Å². The van der Waals surface area contributed by atoms with Crippen LogP contribution >= 0.6 is 0 Å². The number of aliphatic hydroxyl groups excluding tert-OH is 7. The number of carbonyl (C=O) groups is 3. The molecule has 89 heavy (non-hydrogen) atoms. The van der Waals surface area contributed by atoms with E-state index < -0.39 is 213 Å². The molecule has 9 aliphatic rings. The van der Waals surface area contributed by atoms with Gasteiger partial charge in [0, 0.05) is 31.8 Å². The molecule has 3 saturated carbocycles. The van der Waals surface area contributed by atoms with E-state index in [1.165, 1.54) is 6.92 Å². The van der Waals surface area contributed by atoms with Gasteiger partial charge in [0.05, 0.1) is 43.4 Å². The van der Waals surface area contributed by atoms with Crippen LogP contribution in [0.4, 0.5) is 0 Å². The number of allylic oxidation sites excluding steroid dienone is 2. The summed E-state index contributed by atoms with van der Waals surface area (Å²) in [4.78, 5) is 42.0. The lowest BCUT2D eigenvalue weighted by Gasteiger charge is -2.63. The maximum Gasteiger partial charge on any atom is 0.397 e. The molecule has 0 amide bonds. The Labute approximate surface area is 514 Å². The standard InChI is InChI=1S/C54H84O32S3/c1-22(2)16-24(55)17-53(8)44-27(56)18-52(7)26-10-11-31-50(4,5)32(13-14-51(31,6)25(26)12-15-54(44,52)49(64)85-53)81-48-43(35(59)30(19-75-48)86-89(71,72)73)84-45-37(61)36(60)40(23(3)78-45)82-47-39(63)42(34(58)29(80-47)21-77-88(68,69)70)83-46-38(62)41(74-9)33(57)28(79-46)20-76-87(65,66)67/h10,22-23,25,28-48,57-63H,11-21H2,1-9H3,(H,65,66,67)(H,68,69,70)(H,71,72,73)/t23-,25+,28-,29-,30+,31+,32+,33-,34-,35+,36-,37-,38-,39-,40-,41+,42+,43-,44-,45+,46+,47+,48+,51-,52+,53+,54-/m1/s1. The van der Waals surface area contributed by atoms with Crippen LogP contribution in [0, 0.1) is 45.3 Å². The van der Waals surface area contributed by atoms with E-state index in [1.807, 2.05) is 34.6 Å². The van der Waals surface area contributed by atoms with E-state index in [0.717, 1.165) is 12.7 Å². The van der Waals surface area contributed by atoms with Gasteiger partial charge in [0.2, 0.25) is 0 Å². The normalized spacial score (nSPS) is 46.7. The van der Waals surface area contributed by atoms with Gasteiger partial charge in [0.15, 0.2) is 25.2 Å². The number of aliphatic hydroxyl groups is 7. The molecule has 0 bridgehead atoms. The Morgan fingerprint density at radius 3 is 1.81 bits per heavy atom. The summed E-state index contributed by atoms with van der Waals surface area (Å²) in [5.41, 5.74) is -3.48. The van der Waals surface area contributed by atoms with E-state index in [-0.39, 0.29) is 48.6 Å². The average molecular weight is 1340 g/mol. The summed E-state index contributed by atoms with van der Waals surface area (Å²) in [5.74, 6) is -1.57. The fourth-order valence-corrected chi connectivity index (χ4v) is 17.5. The van der Waals surface area contributed by atoms with E-state index in [4.69, 9.17) is 56.1 Å². The summed E-state index contributed by atoms with van der Waals surface area (Å²) in [5, 5.41) is 80.2. The number of Topliss-reactive ketones (excluding diaryl/α,β-unsaturated/α-hetero) is 2. The number of ketones is 2. The zero-order valence-electron chi connectivity index (χ0n) is 50.4. The van der Waals surface area contributed by atoms with Crippen LogP contribution in [0.1, 0.15) is 107 Å². The lowest BCUT2D eigenvalue weighted by atomic mass is 9.41. The van der Waals surface area contributed by atoms with Crippen LogP contribution in [-0.2, 0) is 105 Å². The molecule has 5 saturated heterocycles. The van der Waals surface area contributed by atoms with Crippen LogP contribution in [0.3, 0.4) is 0 Å². The van der Waals surface area contributed by atoms with Gasteiger partial charge < -0.3 is 83.1 Å². The zero-order chi connectivity index (χ0) is 65.8. The molecule has 4 aliphatic carbocycles. The van der Waals surface area contributed by atoms with Gasteiger partial charge in [-0.15, -0.1) is 0 Å². The maximum atomic E-state index is 14.4. The van der Waals surface area contributed by atoms with Gasteiger partial charge in [0.1, 0.15) is 103 Å². The van der Waals surface area contributed by atoms with Gasteiger partial charge in [-0.05, 0) is 74.5 Å². The summed E-state index contributed by atoms with van der Waals surface area (Å²) in [7, 11) is -14.6. The van der Waals surface area contributed by atoms with Crippen LogP contribution in [0.15, 0.2) is 11.6 Å². The zero-order valence-corrected chi connectivity index (χ0v) is 52.8. The van der Waals surface area contributed by atoms with E-state index in [2.05, 4.69) is 21.4 Å². The van der Waals surface area contributed by atoms with Crippen molar-refractivity contribution in [3.05, 3.63) is 11.6 Å². The number of methoxy groups -OCH3 is 1. The lowest BCUT2D eigenvalue weighted by Crippen LogP contribution is -2.67. The van der Waals surface area contributed by atoms with Crippen LogP contribution in [-0.4, -0.2) is 248 Å². The molecule has 0 radical (unpaired) electrons. The Morgan fingerprint density at radius 2 is 1.24 bits per heavy atom. The Kier molecular flexibility index (Phi) is 20.4. The number of fused-ring (bicyclic) bond motifs is 4. The van der Waals surface area contributed by atoms with Crippen LogP contribution < -0.4 is 0 Å². The maximum absolute atomic E-state index is 14.4. The minimum Gasteiger partial charge on any atom is -0.458 e. The first-order valence-electron chi connectivity index (χ1n) is 29.5. The van der Waals surface area contributed by atoms with Gasteiger partial charge >= 0.3 is 37.2 Å². The molecule has 510 valence electrons. The topological polar surface area (TPSA) is 476 Å². The SMILES string of the molecule is CO[C@@H]1[C@@H](O)[C@H](O[C@@H]2[C@@H](O)[C@H](O[C@H]3[C@H](O)[C@@H](O)[C@H](O[C@H]4[C@H](O[C@H]5CC[C@]6(C)[C@H]7CC[C@]89C(=O)O[C@@](C)(CC(=O)CC(C)C)[C@H]8C(=O)C[C@@]9(C)C7=CC[C@H]6C5(C)C)OC[C@H](OS(=O)(=O)O)[C@@H]4O)O[C@@H]3C)O[C@H](COS(=O)(=O)O)[C@H]2O)O[C@H](COS(=O)(=O)O)[C@H]1O. The van der Waals surface area contributed by atoms with Crippen molar-refractivity contribution in [1.82, 2.24) is 0 Å². The lowest BCUT2D eigenvalue weighted by molar-refractivity contribution is -0.389. The van der Waals surface area contributed by atoms with Gasteiger partial charge in [0.25, 0.3) is 0 Å². The number of hydrogen-bond acceptors (Lipinski definition) is 29. The highest BCUT2D eigenvalue weighted by Crippen LogP contribution is 2.75. The number of ether oxygens (including phenoxy) is 10. The Balaban J connectivity index is 0.918. The number of cyclic esters (lactones) is 1. The largest absolute Gasteiger partial charge is 0.458 e. The first-order valence-corrected chi connectivity index (χ1v) is 33.6. The number of esters is 1. The van der Waals surface area contributed by atoms with Gasteiger partial charge in [-0.3, -0.25) is 28.0 Å². The van der Waals surface area contributed by atoms with Crippen molar-refractivity contribution in [2.24, 2.45) is 45.3 Å². The van der Waals surface area contributed by atoms with Crippen LogP contribution in [0.25, 0.3) is 0 Å². The molecule has 0 aromatic rings. The third-order valence-electron chi connectivity index (χ3n) is 20.4. The molecule has 8 fully saturated rings. The van der Waals surface area contributed by atoms with Crippen molar-refractivity contribution < 1.29 is 149 Å². The van der Waals surface area contributed by atoms with Gasteiger partial charge in [-0.2, -0.15) is 25.3 Å². The molecule has 27 atom stereocenters. The van der Waals surface area contributed by atoms with Crippen molar-refractivity contribution >= 4 is 48.7 Å². The molecule has 5 heterocycles. The average Bonchev–Trinajstić information content (AvgIpc) is 1.54. The molecule has 1 spiro atoms. The van der Waals surface area contributed by atoms with Crippen molar-refractivity contribution in [1.29, 1.82) is 0 Å². The first kappa shape index (κ1) is 70.8. The Hall–Kier alpha value is -2.48. The summed E-state index contributed by atoms with van der Waals surface area (Å²) < 4.78 is 171. The molecule has 0 aromatic carbocycles. The van der Waals surface area contributed by atoms with E-state index in [1.54, 1.807) is 6.92 Å². The second-order valence-electron chi connectivity index (χ2n) is 26.8. The second-order valence-corrected chi connectivity index (χ2v) is 30.1. The summed E-state index contributed by atoms with van der Waals surface area (Å²) in [6.45, 7) is 12.0. The number of rotatable bonds is 21. The molecule has 32 nitrogen and oxygen atoms in total. The predicted molar refractivity (Wildman–Crippen MR) is 292 cm³/mol. The minimum absolute atomic E-state index is 0.0561. The van der Waals surface area contributed by atoms with Crippen LogP contribution in [0.5, 0.6) is 0 Å². The fourth-order valence-electron chi connectivity index (χ4n) is 16.5. The van der Waals surface area contributed by atoms with Crippen LogP contribution in [0.2, 0.25) is 0 Å². The van der Waals surface area contributed by atoms with Crippen molar-refractivity contribution in [3.8, 4) is 0 Å². The third kappa shape index (κ3) is 13.5. The molecule has 10 N–H and O–H groups in total. The van der Waals surface area contributed by atoms with E-state index >= 15 is 0 Å². The Morgan fingerprint density at radius 1 is 0.674 bits per heavy atom. The van der Waals surface area contributed by atoms with E-state index in [9.17, 15) is 84.5 Å². The summed E-state index contributed by atoms with van der Waals surface area (Å²) in [6.07, 6.45) is -32.8. The quantitative estimate of drug-likeness (QED) is 0.0356. The number of carbonyl (C=O) groups excluding carboxylic acids is 3. The van der Waals surface area contributed by atoms with Crippen molar-refractivity contribution in [2.75, 3.05) is 26.9 Å². The molecule has 9 rings (SSSR count). The highest BCUT2D eigenvalue weighted by Gasteiger charge is 2.79. The molecule has 0 unspecified atom stereocenters. The minimum atomic E-state index is -5.26. The summed E-state index contributed by atoms with van der Waals surface area (Å²) >= 11 is 0. The monoisotopic (exact) mass is 1340 g/mol. The summed E-state index contributed by atoms with van der Waals surface area (Å²) in [6, 6.07) is 0. The van der Waals surface area contributed by atoms with Crippen molar-refractivity contribution in [2.45, 2.75) is 235 Å². The highest BCUT2D eigenvalue weighted by atomic mass is 32.3. The molecule has 5 aliphatic heterocycles. The highest BCUT2D eigenvalue weighted by molar-refractivity contribution is 7.81. The molecule has 35 heteroatoms. The molecular weight excluding hydrogens is 1260 g/mol. The van der Waals surface area contributed by atoms with Gasteiger partial charge in [-0.25, -0.2) is 12.5 Å². The van der Waals surface area contributed by atoms with Gasteiger partial charge in [-0.1, -0.05) is 53.2 Å².